The first kappa shape index (κ1) is 11.7. The van der Waals surface area contributed by atoms with Crippen LogP contribution in [0.4, 0.5) is 0 Å². The fourth-order valence-electron chi connectivity index (χ4n) is 1.79. The molecule has 2 heterocycles. The molecule has 0 spiro atoms. The van der Waals surface area contributed by atoms with Crippen LogP contribution in [0.3, 0.4) is 0 Å². The van der Waals surface area contributed by atoms with Crippen LogP contribution in [0, 0.1) is 0 Å². The fraction of sp³-hybridized carbons (Fsp3) is 0.364. The zero-order valence-corrected chi connectivity index (χ0v) is 9.74. The van der Waals surface area contributed by atoms with Crippen molar-refractivity contribution in [2.75, 3.05) is 0 Å². The van der Waals surface area contributed by atoms with E-state index in [0.717, 1.165) is 18.4 Å². The molecule has 0 aromatic carbocycles. The van der Waals surface area contributed by atoms with Gasteiger partial charge in [-0.2, -0.15) is 15.3 Å². The Morgan fingerprint density at radius 2 is 2.24 bits per heavy atom. The molecular formula is C11H16N6. The molecule has 2 aromatic rings. The summed E-state index contributed by atoms with van der Waals surface area (Å²) in [4.78, 5) is 0. The van der Waals surface area contributed by atoms with Gasteiger partial charge in [-0.1, -0.05) is 0 Å². The van der Waals surface area contributed by atoms with Gasteiger partial charge in [0.05, 0.1) is 6.20 Å². The Morgan fingerprint density at radius 3 is 2.82 bits per heavy atom. The van der Waals surface area contributed by atoms with Gasteiger partial charge in [0.15, 0.2) is 0 Å². The van der Waals surface area contributed by atoms with Gasteiger partial charge in [0.2, 0.25) is 0 Å². The molecule has 17 heavy (non-hydrogen) atoms. The van der Waals surface area contributed by atoms with E-state index in [1.807, 2.05) is 23.9 Å². The zero-order valence-electron chi connectivity index (χ0n) is 9.74. The minimum absolute atomic E-state index is 0.0837. The van der Waals surface area contributed by atoms with Crippen molar-refractivity contribution in [2.45, 2.75) is 18.9 Å². The Hall–Kier alpha value is -1.79. The Kier molecular flexibility index (Phi) is 3.79. The van der Waals surface area contributed by atoms with Crippen molar-refractivity contribution in [1.29, 1.82) is 0 Å². The quantitative estimate of drug-likeness (QED) is 0.574. The zero-order chi connectivity index (χ0) is 12.1. The van der Waals surface area contributed by atoms with Crippen molar-refractivity contribution in [3.8, 4) is 0 Å². The van der Waals surface area contributed by atoms with Crippen molar-refractivity contribution in [3.05, 3.63) is 42.0 Å². The SMILES string of the molecule is Cn1nccc1CCC(NN)c1ccnnc1. The molecule has 0 aliphatic heterocycles. The normalized spacial score (nSPS) is 12.6. The first-order valence-electron chi connectivity index (χ1n) is 5.51. The minimum atomic E-state index is 0.0837. The number of nitrogens with one attached hydrogen (secondary N) is 1. The molecular weight excluding hydrogens is 216 g/mol. The predicted molar refractivity (Wildman–Crippen MR) is 63.6 cm³/mol. The summed E-state index contributed by atoms with van der Waals surface area (Å²) in [5, 5.41) is 11.7. The largest absolute Gasteiger partial charge is 0.273 e. The number of nitrogens with two attached hydrogens (primary N) is 1. The molecule has 0 bridgehead atoms. The maximum absolute atomic E-state index is 5.56. The van der Waals surface area contributed by atoms with Crippen LogP contribution in [0.5, 0.6) is 0 Å². The van der Waals surface area contributed by atoms with Gasteiger partial charge >= 0.3 is 0 Å². The fourth-order valence-corrected chi connectivity index (χ4v) is 1.79. The van der Waals surface area contributed by atoms with Crippen LogP contribution >= 0.6 is 0 Å². The van der Waals surface area contributed by atoms with Gasteiger partial charge in [-0.3, -0.25) is 16.0 Å². The third kappa shape index (κ3) is 2.86. The molecule has 6 nitrogen and oxygen atoms in total. The van der Waals surface area contributed by atoms with Crippen molar-refractivity contribution in [1.82, 2.24) is 25.4 Å². The highest BCUT2D eigenvalue weighted by atomic mass is 15.3. The monoisotopic (exact) mass is 232 g/mol. The van der Waals surface area contributed by atoms with Gasteiger partial charge in [0.1, 0.15) is 0 Å². The molecule has 0 aliphatic rings. The number of hydrogen-bond donors (Lipinski definition) is 2. The average molecular weight is 232 g/mol. The molecule has 0 aliphatic carbocycles. The summed E-state index contributed by atoms with van der Waals surface area (Å²) in [7, 11) is 1.94. The second-order valence-electron chi connectivity index (χ2n) is 3.88. The molecule has 2 aromatic heterocycles. The van der Waals surface area contributed by atoms with Crippen LogP contribution < -0.4 is 11.3 Å². The van der Waals surface area contributed by atoms with Crippen LogP contribution in [0.2, 0.25) is 0 Å². The van der Waals surface area contributed by atoms with Crippen molar-refractivity contribution in [2.24, 2.45) is 12.9 Å². The molecule has 0 amide bonds. The highest BCUT2D eigenvalue weighted by Crippen LogP contribution is 2.16. The number of nitrogens with zero attached hydrogens (tertiary/aromatic N) is 4. The van der Waals surface area contributed by atoms with E-state index in [4.69, 9.17) is 5.84 Å². The first-order valence-corrected chi connectivity index (χ1v) is 5.51. The third-order valence-corrected chi connectivity index (χ3v) is 2.82. The highest BCUT2D eigenvalue weighted by molar-refractivity contribution is 5.12. The van der Waals surface area contributed by atoms with E-state index >= 15 is 0 Å². The van der Waals surface area contributed by atoms with Crippen molar-refractivity contribution in [3.63, 3.8) is 0 Å². The summed E-state index contributed by atoms with van der Waals surface area (Å²) in [5.41, 5.74) is 5.04. The van der Waals surface area contributed by atoms with E-state index < -0.39 is 0 Å². The molecule has 0 saturated carbocycles. The highest BCUT2D eigenvalue weighted by Gasteiger charge is 2.10. The van der Waals surface area contributed by atoms with Crippen molar-refractivity contribution >= 4 is 0 Å². The third-order valence-electron chi connectivity index (χ3n) is 2.82. The Labute approximate surface area is 99.8 Å². The second-order valence-corrected chi connectivity index (χ2v) is 3.88. The average Bonchev–Trinajstić information content (AvgIpc) is 2.77. The van der Waals surface area contributed by atoms with Crippen LogP contribution in [-0.4, -0.2) is 20.0 Å². The van der Waals surface area contributed by atoms with E-state index in [-0.39, 0.29) is 6.04 Å². The molecule has 0 saturated heterocycles. The maximum atomic E-state index is 5.56. The van der Waals surface area contributed by atoms with Crippen LogP contribution in [0.25, 0.3) is 0 Å². The Morgan fingerprint density at radius 1 is 1.35 bits per heavy atom. The van der Waals surface area contributed by atoms with Crippen molar-refractivity contribution < 1.29 is 0 Å². The maximum Gasteiger partial charge on any atom is 0.0544 e. The molecule has 2 rings (SSSR count). The summed E-state index contributed by atoms with van der Waals surface area (Å²) < 4.78 is 1.87. The molecule has 0 fully saturated rings. The van der Waals surface area contributed by atoms with Gasteiger partial charge in [-0.05, 0) is 30.5 Å². The standard InChI is InChI=1S/C11H16N6/c1-17-10(5-7-15-17)2-3-11(16-12)9-4-6-13-14-8-9/h4-8,11,16H,2-3,12H2,1H3. The van der Waals surface area contributed by atoms with E-state index in [2.05, 4.69) is 20.7 Å². The van der Waals surface area contributed by atoms with E-state index in [9.17, 15) is 0 Å². The summed E-state index contributed by atoms with van der Waals surface area (Å²) in [6.07, 6.45) is 7.00. The molecule has 1 atom stereocenters. The smallest absolute Gasteiger partial charge is 0.0544 e. The Balaban J connectivity index is 1.99. The van der Waals surface area contributed by atoms with Gasteiger partial charge < -0.3 is 0 Å². The lowest BCUT2D eigenvalue weighted by atomic mass is 10.0. The lowest BCUT2D eigenvalue weighted by Gasteiger charge is -2.15. The topological polar surface area (TPSA) is 81.7 Å². The van der Waals surface area contributed by atoms with E-state index in [1.54, 1.807) is 18.6 Å². The summed E-state index contributed by atoms with van der Waals surface area (Å²) >= 11 is 0. The van der Waals surface area contributed by atoms with Gasteiger partial charge in [-0.15, -0.1) is 0 Å². The molecule has 1 unspecified atom stereocenters. The van der Waals surface area contributed by atoms with E-state index in [1.165, 1.54) is 5.69 Å². The molecule has 0 radical (unpaired) electrons. The molecule has 3 N–H and O–H groups in total. The number of rotatable bonds is 5. The lowest BCUT2D eigenvalue weighted by Crippen LogP contribution is -2.28. The molecule has 6 heteroatoms. The summed E-state index contributed by atoms with van der Waals surface area (Å²) in [5.74, 6) is 5.56. The first-order chi connectivity index (χ1) is 8.31. The van der Waals surface area contributed by atoms with Gasteiger partial charge in [-0.25, -0.2) is 0 Å². The van der Waals surface area contributed by atoms with E-state index in [0.29, 0.717) is 0 Å². The van der Waals surface area contributed by atoms with Gasteiger partial charge in [0.25, 0.3) is 0 Å². The van der Waals surface area contributed by atoms with Gasteiger partial charge in [0, 0.05) is 31.2 Å². The second kappa shape index (κ2) is 5.51. The number of aryl methyl sites for hydroxylation is 2. The summed E-state index contributed by atoms with van der Waals surface area (Å²) in [6.45, 7) is 0. The summed E-state index contributed by atoms with van der Waals surface area (Å²) in [6, 6.07) is 4.01. The minimum Gasteiger partial charge on any atom is -0.273 e. The predicted octanol–water partition coefficient (Wildman–Crippen LogP) is 0.347. The Bertz CT molecular complexity index is 452. The number of aromatic nitrogens is 4. The van der Waals surface area contributed by atoms with Crippen LogP contribution in [0.1, 0.15) is 23.7 Å². The lowest BCUT2D eigenvalue weighted by molar-refractivity contribution is 0.504. The molecule has 90 valence electrons. The van der Waals surface area contributed by atoms with Crippen LogP contribution in [-0.2, 0) is 13.5 Å². The number of hydrogen-bond acceptors (Lipinski definition) is 5. The van der Waals surface area contributed by atoms with Crippen LogP contribution in [0.15, 0.2) is 30.7 Å². The number of hydrazine groups is 1.